The quantitative estimate of drug-likeness (QED) is 0.667. The van der Waals surface area contributed by atoms with Gasteiger partial charge in [0.15, 0.2) is 5.82 Å². The van der Waals surface area contributed by atoms with Gasteiger partial charge in [-0.2, -0.15) is 0 Å². The van der Waals surface area contributed by atoms with Crippen molar-refractivity contribution >= 4 is 17.7 Å². The van der Waals surface area contributed by atoms with Crippen LogP contribution in [0.25, 0.3) is 0 Å². The highest BCUT2D eigenvalue weighted by Gasteiger charge is 2.25. The molecule has 1 aromatic rings. The predicted octanol–water partition coefficient (Wildman–Crippen LogP) is 2.50. The number of rotatable bonds is 5. The van der Waals surface area contributed by atoms with Crippen LogP contribution in [0.3, 0.4) is 0 Å². The SMILES string of the molecule is C=C(C)C(OC(=O)Nc1ccc(OC)cc1F)C(=O)OC. The van der Waals surface area contributed by atoms with Crippen molar-refractivity contribution in [2.24, 2.45) is 0 Å². The van der Waals surface area contributed by atoms with E-state index in [1.165, 1.54) is 26.2 Å². The van der Waals surface area contributed by atoms with Crippen LogP contribution in [0.4, 0.5) is 14.9 Å². The summed E-state index contributed by atoms with van der Waals surface area (Å²) in [6, 6.07) is 3.88. The van der Waals surface area contributed by atoms with Gasteiger partial charge in [-0.3, -0.25) is 5.32 Å². The first-order valence-electron chi connectivity index (χ1n) is 5.93. The second-order valence-corrected chi connectivity index (χ2v) is 4.13. The second kappa shape index (κ2) is 7.28. The fourth-order valence-electron chi connectivity index (χ4n) is 1.43. The minimum Gasteiger partial charge on any atom is -0.497 e. The first-order chi connectivity index (χ1) is 9.88. The van der Waals surface area contributed by atoms with Crippen LogP contribution in [0.1, 0.15) is 6.92 Å². The predicted molar refractivity (Wildman–Crippen MR) is 73.7 cm³/mol. The average Bonchev–Trinajstić information content (AvgIpc) is 2.45. The van der Waals surface area contributed by atoms with Gasteiger partial charge in [0.1, 0.15) is 5.75 Å². The van der Waals surface area contributed by atoms with E-state index in [4.69, 9.17) is 9.47 Å². The lowest BCUT2D eigenvalue weighted by molar-refractivity contribution is -0.148. The standard InChI is InChI=1S/C14H16FNO5/c1-8(2)12(13(17)20-4)21-14(18)16-11-6-5-9(19-3)7-10(11)15/h5-7,12H,1H2,2-4H3,(H,16,18). The van der Waals surface area contributed by atoms with Crippen LogP contribution < -0.4 is 10.1 Å². The number of carbonyl (C=O) groups is 2. The van der Waals surface area contributed by atoms with Gasteiger partial charge in [-0.15, -0.1) is 0 Å². The third kappa shape index (κ3) is 4.48. The van der Waals surface area contributed by atoms with Crippen molar-refractivity contribution < 1.29 is 28.2 Å². The van der Waals surface area contributed by atoms with Gasteiger partial charge < -0.3 is 14.2 Å². The van der Waals surface area contributed by atoms with E-state index in [1.807, 2.05) is 0 Å². The average molecular weight is 297 g/mol. The molecule has 7 heteroatoms. The molecule has 0 saturated carbocycles. The Morgan fingerprint density at radius 3 is 2.48 bits per heavy atom. The molecule has 6 nitrogen and oxygen atoms in total. The number of benzene rings is 1. The van der Waals surface area contributed by atoms with E-state index < -0.39 is 24.0 Å². The number of hydrogen-bond donors (Lipinski definition) is 1. The Balaban J connectivity index is 2.77. The fraction of sp³-hybridized carbons (Fsp3) is 0.286. The number of ether oxygens (including phenoxy) is 3. The molecule has 1 rings (SSSR count). The molecule has 1 aromatic carbocycles. The molecule has 0 aromatic heterocycles. The number of carbonyl (C=O) groups excluding carboxylic acids is 2. The van der Waals surface area contributed by atoms with E-state index in [9.17, 15) is 14.0 Å². The molecular formula is C14H16FNO5. The highest BCUT2D eigenvalue weighted by atomic mass is 19.1. The summed E-state index contributed by atoms with van der Waals surface area (Å²) in [6.45, 7) is 5.03. The molecule has 1 unspecified atom stereocenters. The maximum atomic E-state index is 13.7. The third-order valence-electron chi connectivity index (χ3n) is 2.50. The number of esters is 1. The molecule has 0 fully saturated rings. The van der Waals surface area contributed by atoms with Crippen molar-refractivity contribution in [3.8, 4) is 5.75 Å². The van der Waals surface area contributed by atoms with Crippen LogP contribution in [0.2, 0.25) is 0 Å². The van der Waals surface area contributed by atoms with E-state index in [2.05, 4.69) is 16.6 Å². The number of anilines is 1. The molecule has 0 saturated heterocycles. The van der Waals surface area contributed by atoms with Crippen molar-refractivity contribution in [2.75, 3.05) is 19.5 Å². The number of halogens is 1. The lowest BCUT2D eigenvalue weighted by Crippen LogP contribution is -2.31. The Bertz CT molecular complexity index is 558. The van der Waals surface area contributed by atoms with Crippen molar-refractivity contribution in [1.29, 1.82) is 0 Å². The van der Waals surface area contributed by atoms with E-state index in [1.54, 1.807) is 0 Å². The molecular weight excluding hydrogens is 281 g/mol. The maximum absolute atomic E-state index is 13.7. The van der Waals surface area contributed by atoms with Crippen LogP contribution in [0, 0.1) is 5.82 Å². The van der Waals surface area contributed by atoms with Gasteiger partial charge in [-0.1, -0.05) is 6.58 Å². The third-order valence-corrected chi connectivity index (χ3v) is 2.50. The summed E-state index contributed by atoms with van der Waals surface area (Å²) < 4.78 is 27.8. The summed E-state index contributed by atoms with van der Waals surface area (Å²) in [5, 5.41) is 2.19. The zero-order valence-electron chi connectivity index (χ0n) is 11.9. The summed E-state index contributed by atoms with van der Waals surface area (Å²) in [4.78, 5) is 23.1. The summed E-state index contributed by atoms with van der Waals surface area (Å²) in [6.07, 6.45) is -2.26. The zero-order valence-corrected chi connectivity index (χ0v) is 11.9. The second-order valence-electron chi connectivity index (χ2n) is 4.13. The summed E-state index contributed by atoms with van der Waals surface area (Å²) in [5.41, 5.74) is 0.179. The Morgan fingerprint density at radius 1 is 1.33 bits per heavy atom. The smallest absolute Gasteiger partial charge is 0.412 e. The molecule has 0 spiro atoms. The lowest BCUT2D eigenvalue weighted by Gasteiger charge is -2.16. The van der Waals surface area contributed by atoms with Gasteiger partial charge in [0.2, 0.25) is 6.10 Å². The van der Waals surface area contributed by atoms with Crippen LogP contribution in [-0.4, -0.2) is 32.4 Å². The minimum absolute atomic E-state index is 0.105. The van der Waals surface area contributed by atoms with Gasteiger partial charge in [0.25, 0.3) is 0 Å². The summed E-state index contributed by atoms with van der Waals surface area (Å²) in [5.74, 6) is -1.16. The topological polar surface area (TPSA) is 73.9 Å². The normalized spacial score (nSPS) is 11.2. The molecule has 1 N–H and O–H groups in total. The van der Waals surface area contributed by atoms with Gasteiger partial charge in [0, 0.05) is 6.07 Å². The van der Waals surface area contributed by atoms with Gasteiger partial charge >= 0.3 is 12.1 Å². The van der Waals surface area contributed by atoms with E-state index in [0.717, 1.165) is 13.2 Å². The van der Waals surface area contributed by atoms with Crippen molar-refractivity contribution in [1.82, 2.24) is 0 Å². The molecule has 1 amide bonds. The molecule has 0 aliphatic rings. The first kappa shape index (κ1) is 16.5. The van der Waals surface area contributed by atoms with Gasteiger partial charge in [-0.25, -0.2) is 14.0 Å². The van der Waals surface area contributed by atoms with Crippen LogP contribution in [0.5, 0.6) is 5.75 Å². The number of amides is 1. The molecule has 1 atom stereocenters. The van der Waals surface area contributed by atoms with Gasteiger partial charge in [-0.05, 0) is 24.6 Å². The highest BCUT2D eigenvalue weighted by Crippen LogP contribution is 2.20. The lowest BCUT2D eigenvalue weighted by atomic mass is 10.2. The molecule has 0 aliphatic carbocycles. The molecule has 0 heterocycles. The summed E-state index contributed by atoms with van der Waals surface area (Å²) in [7, 11) is 2.55. The number of methoxy groups -OCH3 is 2. The largest absolute Gasteiger partial charge is 0.497 e. The molecule has 114 valence electrons. The molecule has 0 radical (unpaired) electrons. The zero-order chi connectivity index (χ0) is 16.0. The highest BCUT2D eigenvalue weighted by molar-refractivity contribution is 5.88. The van der Waals surface area contributed by atoms with Crippen molar-refractivity contribution in [2.45, 2.75) is 13.0 Å². The first-order valence-corrected chi connectivity index (χ1v) is 5.93. The van der Waals surface area contributed by atoms with E-state index in [0.29, 0.717) is 5.75 Å². The Morgan fingerprint density at radius 2 is 2.00 bits per heavy atom. The maximum Gasteiger partial charge on any atom is 0.412 e. The fourth-order valence-corrected chi connectivity index (χ4v) is 1.43. The van der Waals surface area contributed by atoms with Crippen molar-refractivity contribution in [3.05, 3.63) is 36.2 Å². The van der Waals surface area contributed by atoms with Crippen LogP contribution in [0.15, 0.2) is 30.4 Å². The van der Waals surface area contributed by atoms with Crippen LogP contribution >= 0.6 is 0 Å². The Hall–Kier alpha value is -2.57. The molecule has 0 bridgehead atoms. The Labute approximate surface area is 121 Å². The van der Waals surface area contributed by atoms with Gasteiger partial charge in [0.05, 0.1) is 19.9 Å². The summed E-state index contributed by atoms with van der Waals surface area (Å²) >= 11 is 0. The Kier molecular flexibility index (Phi) is 5.71. The number of hydrogen-bond acceptors (Lipinski definition) is 5. The van der Waals surface area contributed by atoms with Crippen LogP contribution in [-0.2, 0) is 14.3 Å². The van der Waals surface area contributed by atoms with E-state index in [-0.39, 0.29) is 11.3 Å². The number of nitrogens with one attached hydrogen (secondary N) is 1. The monoisotopic (exact) mass is 297 g/mol. The van der Waals surface area contributed by atoms with E-state index >= 15 is 0 Å². The minimum atomic E-state index is -1.25. The molecule has 21 heavy (non-hydrogen) atoms. The van der Waals surface area contributed by atoms with Crippen molar-refractivity contribution in [3.63, 3.8) is 0 Å². The molecule has 0 aliphatic heterocycles.